The van der Waals surface area contributed by atoms with E-state index in [0.29, 0.717) is 0 Å². The molecule has 0 radical (unpaired) electrons. The summed E-state index contributed by atoms with van der Waals surface area (Å²) in [5.74, 6) is -1.54. The third kappa shape index (κ3) is 4.18. The first-order chi connectivity index (χ1) is 13.6. The number of nitrogens with one attached hydrogen (secondary N) is 1. The van der Waals surface area contributed by atoms with E-state index in [9.17, 15) is 22.8 Å². The van der Waals surface area contributed by atoms with Crippen LogP contribution in [-0.2, 0) is 11.0 Å². The number of carbonyl (C=O) groups excluding carboxylic acids is 2. The average Bonchev–Trinajstić information content (AvgIpc) is 2.96. The van der Waals surface area contributed by atoms with E-state index in [1.165, 1.54) is 30.7 Å². The molecule has 0 bridgehead atoms. The Morgan fingerprint density at radius 2 is 1.79 bits per heavy atom. The highest BCUT2D eigenvalue weighted by Gasteiger charge is 2.31. The lowest BCUT2D eigenvalue weighted by atomic mass is 10.1. The lowest BCUT2D eigenvalue weighted by Crippen LogP contribution is -2.24. The summed E-state index contributed by atoms with van der Waals surface area (Å²) in [6, 6.07) is 7.87. The van der Waals surface area contributed by atoms with Crippen LogP contribution in [0.25, 0.3) is 5.69 Å². The molecule has 2 heterocycles. The van der Waals surface area contributed by atoms with Crippen molar-refractivity contribution in [1.29, 1.82) is 0 Å². The van der Waals surface area contributed by atoms with E-state index in [-0.39, 0.29) is 28.5 Å². The zero-order chi connectivity index (χ0) is 21.3. The number of nitrogens with zero attached hydrogens (tertiary/aromatic N) is 3. The molecule has 1 aromatic carbocycles. The van der Waals surface area contributed by atoms with Gasteiger partial charge in [0.25, 0.3) is 11.7 Å². The molecule has 0 unspecified atom stereocenters. The number of amides is 1. The van der Waals surface area contributed by atoms with E-state index >= 15 is 0 Å². The number of aromatic nitrogens is 3. The van der Waals surface area contributed by atoms with Crippen LogP contribution in [0.3, 0.4) is 0 Å². The predicted octanol–water partition coefficient (Wildman–Crippen LogP) is 4.03. The SMILES string of the molecule is Cc1ccc(NC(=O)C(=O)c2c(C)nn(-c3cccc(C(F)(F)F)c3)c2C)nc1. The summed E-state index contributed by atoms with van der Waals surface area (Å²) in [5, 5.41) is 6.57. The highest BCUT2D eigenvalue weighted by atomic mass is 19.4. The largest absolute Gasteiger partial charge is 0.416 e. The van der Waals surface area contributed by atoms with Crippen molar-refractivity contribution < 1.29 is 22.8 Å². The molecule has 0 aliphatic rings. The number of alkyl halides is 3. The van der Waals surface area contributed by atoms with E-state index < -0.39 is 23.4 Å². The van der Waals surface area contributed by atoms with Crippen LogP contribution in [0.15, 0.2) is 42.6 Å². The minimum Gasteiger partial charge on any atom is -0.304 e. The molecule has 29 heavy (non-hydrogen) atoms. The van der Waals surface area contributed by atoms with Gasteiger partial charge in [-0.15, -0.1) is 0 Å². The van der Waals surface area contributed by atoms with Crippen molar-refractivity contribution in [2.75, 3.05) is 5.32 Å². The van der Waals surface area contributed by atoms with Crippen LogP contribution in [0.5, 0.6) is 0 Å². The molecule has 0 atom stereocenters. The number of carbonyl (C=O) groups is 2. The summed E-state index contributed by atoms with van der Waals surface area (Å²) in [7, 11) is 0. The smallest absolute Gasteiger partial charge is 0.304 e. The van der Waals surface area contributed by atoms with Gasteiger partial charge in [0, 0.05) is 6.20 Å². The molecule has 1 amide bonds. The summed E-state index contributed by atoms with van der Waals surface area (Å²) in [4.78, 5) is 29.0. The van der Waals surface area contributed by atoms with Gasteiger partial charge in [-0.2, -0.15) is 18.3 Å². The van der Waals surface area contributed by atoms with Gasteiger partial charge < -0.3 is 5.32 Å². The first-order valence-corrected chi connectivity index (χ1v) is 8.60. The quantitative estimate of drug-likeness (QED) is 0.528. The molecular formula is C20H17F3N4O2. The number of halogens is 3. The lowest BCUT2D eigenvalue weighted by Gasteiger charge is -2.10. The van der Waals surface area contributed by atoms with Gasteiger partial charge in [-0.25, -0.2) is 9.67 Å². The fourth-order valence-corrected chi connectivity index (χ4v) is 2.87. The normalized spacial score (nSPS) is 11.4. The third-order valence-corrected chi connectivity index (χ3v) is 4.30. The molecular weight excluding hydrogens is 385 g/mol. The number of pyridine rings is 1. The monoisotopic (exact) mass is 402 g/mol. The number of hydrogen-bond donors (Lipinski definition) is 1. The van der Waals surface area contributed by atoms with Gasteiger partial charge in [-0.1, -0.05) is 12.1 Å². The van der Waals surface area contributed by atoms with Crippen LogP contribution in [0.2, 0.25) is 0 Å². The van der Waals surface area contributed by atoms with E-state index in [4.69, 9.17) is 0 Å². The van der Waals surface area contributed by atoms with Gasteiger partial charge in [0.05, 0.1) is 28.2 Å². The molecule has 150 valence electrons. The summed E-state index contributed by atoms with van der Waals surface area (Å²) in [6.45, 7) is 4.87. The molecule has 0 aliphatic carbocycles. The minimum absolute atomic E-state index is 0.0343. The number of aryl methyl sites for hydroxylation is 2. The Morgan fingerprint density at radius 3 is 2.41 bits per heavy atom. The second kappa shape index (κ2) is 7.50. The molecule has 3 rings (SSSR count). The number of benzene rings is 1. The predicted molar refractivity (Wildman–Crippen MR) is 100.0 cm³/mol. The number of hydrogen-bond acceptors (Lipinski definition) is 4. The summed E-state index contributed by atoms with van der Waals surface area (Å²) < 4.78 is 40.2. The standard InChI is InChI=1S/C20H17F3N4O2/c1-11-7-8-16(24-10-11)25-19(29)18(28)17-12(2)26-27(13(17)3)15-6-4-5-14(9-15)20(21,22)23/h4-10H,1-3H3,(H,24,25,29). The van der Waals surface area contributed by atoms with E-state index in [1.54, 1.807) is 18.3 Å². The van der Waals surface area contributed by atoms with Gasteiger partial charge in [0.15, 0.2) is 0 Å². The molecule has 1 N–H and O–H groups in total. The Hall–Kier alpha value is -3.49. The van der Waals surface area contributed by atoms with E-state index in [2.05, 4.69) is 15.4 Å². The summed E-state index contributed by atoms with van der Waals surface area (Å²) >= 11 is 0. The fourth-order valence-electron chi connectivity index (χ4n) is 2.87. The maximum absolute atomic E-state index is 13.0. The highest BCUT2D eigenvalue weighted by molar-refractivity contribution is 6.47. The molecule has 0 spiro atoms. The zero-order valence-electron chi connectivity index (χ0n) is 15.8. The van der Waals surface area contributed by atoms with Crippen molar-refractivity contribution in [3.8, 4) is 5.69 Å². The van der Waals surface area contributed by atoms with Gasteiger partial charge in [-0.3, -0.25) is 9.59 Å². The highest BCUT2D eigenvalue weighted by Crippen LogP contribution is 2.31. The Labute approximate surface area is 164 Å². The van der Waals surface area contributed by atoms with E-state index in [0.717, 1.165) is 17.7 Å². The van der Waals surface area contributed by atoms with Crippen LogP contribution >= 0.6 is 0 Å². The molecule has 6 nitrogen and oxygen atoms in total. The zero-order valence-corrected chi connectivity index (χ0v) is 15.8. The van der Waals surface area contributed by atoms with Crippen LogP contribution in [-0.4, -0.2) is 26.5 Å². The van der Waals surface area contributed by atoms with Crippen molar-refractivity contribution in [1.82, 2.24) is 14.8 Å². The van der Waals surface area contributed by atoms with Crippen molar-refractivity contribution in [2.24, 2.45) is 0 Å². The van der Waals surface area contributed by atoms with Gasteiger partial charge in [0.2, 0.25) is 0 Å². The second-order valence-corrected chi connectivity index (χ2v) is 6.51. The molecule has 2 aromatic heterocycles. The van der Waals surface area contributed by atoms with Crippen LogP contribution in [0, 0.1) is 20.8 Å². The van der Waals surface area contributed by atoms with Crippen LogP contribution in [0.4, 0.5) is 19.0 Å². The molecule has 0 fully saturated rings. The Balaban J connectivity index is 1.92. The van der Waals surface area contributed by atoms with Crippen molar-refractivity contribution in [3.63, 3.8) is 0 Å². The Bertz CT molecular complexity index is 1090. The topological polar surface area (TPSA) is 76.9 Å². The fraction of sp³-hybridized carbons (Fsp3) is 0.200. The number of ketones is 1. The van der Waals surface area contributed by atoms with Gasteiger partial charge >= 0.3 is 6.18 Å². The van der Waals surface area contributed by atoms with E-state index in [1.807, 2.05) is 6.92 Å². The second-order valence-electron chi connectivity index (χ2n) is 6.51. The number of Topliss-reactive ketones (excluding diaryl/α,β-unsaturated/α-hetero) is 1. The van der Waals surface area contributed by atoms with Crippen molar-refractivity contribution >= 4 is 17.5 Å². The Morgan fingerprint density at radius 1 is 1.07 bits per heavy atom. The molecule has 0 aliphatic heterocycles. The summed E-state index contributed by atoms with van der Waals surface area (Å²) in [6.07, 6.45) is -2.96. The van der Waals surface area contributed by atoms with Crippen molar-refractivity contribution in [2.45, 2.75) is 26.9 Å². The molecule has 9 heteroatoms. The summed E-state index contributed by atoms with van der Waals surface area (Å²) in [5.41, 5.74) is 0.727. The number of anilines is 1. The van der Waals surface area contributed by atoms with Gasteiger partial charge in [-0.05, 0) is 50.6 Å². The first kappa shape index (κ1) is 20.2. The first-order valence-electron chi connectivity index (χ1n) is 8.60. The van der Waals surface area contributed by atoms with Crippen LogP contribution < -0.4 is 5.32 Å². The van der Waals surface area contributed by atoms with Gasteiger partial charge in [0.1, 0.15) is 5.82 Å². The maximum atomic E-state index is 13.0. The minimum atomic E-state index is -4.51. The number of rotatable bonds is 4. The lowest BCUT2D eigenvalue weighted by molar-refractivity contribution is -0.137. The maximum Gasteiger partial charge on any atom is 0.416 e. The van der Waals surface area contributed by atoms with Crippen molar-refractivity contribution in [3.05, 3.63) is 70.7 Å². The third-order valence-electron chi connectivity index (χ3n) is 4.30. The molecule has 0 saturated carbocycles. The van der Waals surface area contributed by atoms with Crippen LogP contribution in [0.1, 0.15) is 32.9 Å². The molecule has 0 saturated heterocycles. The average molecular weight is 402 g/mol. The molecule has 3 aromatic rings. The Kier molecular flexibility index (Phi) is 5.23.